The lowest BCUT2D eigenvalue weighted by Gasteiger charge is -2.25. The number of nitrogens with one attached hydrogen (secondary N) is 1. The molecule has 192 valence electrons. The molecule has 1 aliphatic rings. The largest absolute Gasteiger partial charge is 0.492 e. The second-order valence-electron chi connectivity index (χ2n) is 8.58. The molecule has 0 saturated carbocycles. The van der Waals surface area contributed by atoms with Gasteiger partial charge in [0.25, 0.3) is 11.5 Å². The first kappa shape index (κ1) is 26.0. The maximum atomic E-state index is 13.8. The molecule has 0 radical (unpaired) electrons. The fraction of sp³-hybridized carbons (Fsp3) is 0.138. The SMILES string of the molecule is CCOc1ccc(/C=c2\sc3n(c2=O)[C@H](c2ccc(Cl)cc2)C(C(=O)Nc2ccccc2)=C(C)N=3)cc1Cl. The molecule has 9 heteroatoms. The number of halogens is 2. The first-order valence-electron chi connectivity index (χ1n) is 11.9. The molecule has 3 aromatic carbocycles. The summed E-state index contributed by atoms with van der Waals surface area (Å²) in [6.07, 6.45) is 1.77. The second kappa shape index (κ2) is 11.0. The molecule has 0 spiro atoms. The maximum Gasteiger partial charge on any atom is 0.271 e. The molecule has 1 amide bonds. The van der Waals surface area contributed by atoms with Crippen LogP contribution < -0.4 is 24.9 Å². The fourth-order valence-corrected chi connectivity index (χ4v) is 5.74. The number of aromatic nitrogens is 1. The van der Waals surface area contributed by atoms with Crippen LogP contribution >= 0.6 is 34.5 Å². The number of ether oxygens (including phenoxy) is 1. The number of anilines is 1. The normalized spacial score (nSPS) is 15.2. The zero-order chi connectivity index (χ0) is 26.8. The zero-order valence-corrected chi connectivity index (χ0v) is 22.9. The van der Waals surface area contributed by atoms with Crippen LogP contribution in [0.4, 0.5) is 5.69 Å². The van der Waals surface area contributed by atoms with E-state index in [2.05, 4.69) is 10.3 Å². The summed E-state index contributed by atoms with van der Waals surface area (Å²) in [6, 6.07) is 21.0. The van der Waals surface area contributed by atoms with Crippen molar-refractivity contribution in [1.82, 2.24) is 4.57 Å². The number of hydrogen-bond acceptors (Lipinski definition) is 5. The van der Waals surface area contributed by atoms with Gasteiger partial charge in [-0.15, -0.1) is 0 Å². The number of benzene rings is 3. The first-order chi connectivity index (χ1) is 18.4. The number of fused-ring (bicyclic) bond motifs is 1. The molecule has 1 aromatic heterocycles. The van der Waals surface area contributed by atoms with Crippen molar-refractivity contribution in [3.63, 3.8) is 0 Å². The monoisotopic (exact) mass is 563 g/mol. The van der Waals surface area contributed by atoms with Gasteiger partial charge in [0.15, 0.2) is 4.80 Å². The molecule has 0 saturated heterocycles. The fourth-order valence-electron chi connectivity index (χ4n) is 4.32. The summed E-state index contributed by atoms with van der Waals surface area (Å²) in [4.78, 5) is 32.5. The molecule has 5 rings (SSSR count). The van der Waals surface area contributed by atoms with E-state index < -0.39 is 6.04 Å². The third-order valence-electron chi connectivity index (χ3n) is 6.04. The van der Waals surface area contributed by atoms with Crippen molar-refractivity contribution in [3.05, 3.63) is 125 Å². The number of thiazole rings is 1. The summed E-state index contributed by atoms with van der Waals surface area (Å²) in [5, 5.41) is 3.96. The van der Waals surface area contributed by atoms with Gasteiger partial charge in [0.05, 0.1) is 33.5 Å². The van der Waals surface area contributed by atoms with Gasteiger partial charge in [-0.2, -0.15) is 0 Å². The predicted molar refractivity (Wildman–Crippen MR) is 153 cm³/mol. The Morgan fingerprint density at radius 3 is 2.53 bits per heavy atom. The molecule has 0 unspecified atom stereocenters. The molecule has 2 heterocycles. The van der Waals surface area contributed by atoms with Gasteiger partial charge in [0, 0.05) is 10.7 Å². The quantitative estimate of drug-likeness (QED) is 0.333. The summed E-state index contributed by atoms with van der Waals surface area (Å²) >= 11 is 13.8. The minimum Gasteiger partial charge on any atom is -0.492 e. The second-order valence-corrected chi connectivity index (χ2v) is 10.4. The number of hydrogen-bond donors (Lipinski definition) is 1. The molecule has 0 fully saturated rings. The molecule has 0 aliphatic carbocycles. The van der Waals surface area contributed by atoms with E-state index in [-0.39, 0.29) is 11.5 Å². The van der Waals surface area contributed by atoms with Crippen LogP contribution in [-0.2, 0) is 4.79 Å². The summed E-state index contributed by atoms with van der Waals surface area (Å²) in [5.74, 6) is 0.255. The molecule has 38 heavy (non-hydrogen) atoms. The minimum atomic E-state index is -0.682. The van der Waals surface area contributed by atoms with Crippen molar-refractivity contribution in [3.8, 4) is 5.75 Å². The van der Waals surface area contributed by atoms with Crippen LogP contribution in [0.15, 0.2) is 93.9 Å². The Kier molecular flexibility index (Phi) is 7.51. The summed E-state index contributed by atoms with van der Waals surface area (Å²) in [5.41, 5.74) is 2.83. The lowest BCUT2D eigenvalue weighted by atomic mass is 9.95. The number of nitrogens with zero attached hydrogens (tertiary/aromatic N) is 2. The third-order valence-corrected chi connectivity index (χ3v) is 7.57. The minimum absolute atomic E-state index is 0.254. The smallest absolute Gasteiger partial charge is 0.271 e. The van der Waals surface area contributed by atoms with Crippen molar-refractivity contribution < 1.29 is 9.53 Å². The van der Waals surface area contributed by atoms with Crippen LogP contribution in [0.3, 0.4) is 0 Å². The van der Waals surface area contributed by atoms with Crippen molar-refractivity contribution in [2.75, 3.05) is 11.9 Å². The van der Waals surface area contributed by atoms with E-state index >= 15 is 0 Å². The van der Waals surface area contributed by atoms with E-state index in [0.717, 1.165) is 11.1 Å². The van der Waals surface area contributed by atoms with Gasteiger partial charge in [0.2, 0.25) is 0 Å². The Balaban J connectivity index is 1.64. The third kappa shape index (κ3) is 5.18. The molecule has 1 N–H and O–H groups in total. The summed E-state index contributed by atoms with van der Waals surface area (Å²) < 4.78 is 7.56. The number of para-hydroxylation sites is 1. The van der Waals surface area contributed by atoms with Gasteiger partial charge in [-0.05, 0) is 67.4 Å². The predicted octanol–water partition coefficient (Wildman–Crippen LogP) is 5.58. The lowest BCUT2D eigenvalue weighted by molar-refractivity contribution is -0.113. The molecule has 0 bridgehead atoms. The van der Waals surface area contributed by atoms with E-state index in [1.807, 2.05) is 55.5 Å². The van der Waals surface area contributed by atoms with E-state index in [9.17, 15) is 9.59 Å². The lowest BCUT2D eigenvalue weighted by Crippen LogP contribution is -2.40. The highest BCUT2D eigenvalue weighted by atomic mass is 35.5. The average Bonchev–Trinajstić information content (AvgIpc) is 3.20. The van der Waals surface area contributed by atoms with Crippen molar-refractivity contribution >= 4 is 52.2 Å². The number of allylic oxidation sites excluding steroid dienone is 1. The highest BCUT2D eigenvalue weighted by molar-refractivity contribution is 7.07. The van der Waals surface area contributed by atoms with Crippen molar-refractivity contribution in [2.24, 2.45) is 4.99 Å². The molecule has 6 nitrogen and oxygen atoms in total. The maximum absolute atomic E-state index is 13.8. The number of carbonyl (C=O) groups excluding carboxylic acids is 1. The van der Waals surface area contributed by atoms with Crippen LogP contribution in [0.1, 0.15) is 31.0 Å². The van der Waals surface area contributed by atoms with Crippen LogP contribution in [0.2, 0.25) is 10.0 Å². The van der Waals surface area contributed by atoms with Gasteiger partial charge >= 0.3 is 0 Å². The van der Waals surface area contributed by atoms with Gasteiger partial charge in [-0.1, -0.05) is 70.9 Å². The van der Waals surface area contributed by atoms with Crippen LogP contribution in [0.25, 0.3) is 6.08 Å². The molecular formula is C29H23Cl2N3O3S. The average molecular weight is 564 g/mol. The van der Waals surface area contributed by atoms with Crippen LogP contribution in [-0.4, -0.2) is 17.1 Å². The van der Waals surface area contributed by atoms with E-state index in [1.165, 1.54) is 11.3 Å². The van der Waals surface area contributed by atoms with Gasteiger partial charge in [0.1, 0.15) is 5.75 Å². The Morgan fingerprint density at radius 2 is 1.84 bits per heavy atom. The number of carbonyl (C=O) groups is 1. The van der Waals surface area contributed by atoms with Gasteiger partial charge in [-0.3, -0.25) is 14.2 Å². The standard InChI is InChI=1S/C29H23Cl2N3O3S/c1-3-37-23-14-9-18(15-22(23)31)16-24-28(36)34-26(19-10-12-20(30)13-11-19)25(17(2)32-29(34)38-24)27(35)33-21-7-5-4-6-8-21/h4-16,26H,3H2,1-2H3,(H,33,35)/b24-16-/t26-/m1/s1. The molecular weight excluding hydrogens is 541 g/mol. The highest BCUT2D eigenvalue weighted by Crippen LogP contribution is 2.31. The topological polar surface area (TPSA) is 72.7 Å². The molecule has 1 aliphatic heterocycles. The first-order valence-corrected chi connectivity index (χ1v) is 13.5. The molecule has 1 atom stereocenters. The van der Waals surface area contributed by atoms with E-state index in [4.69, 9.17) is 27.9 Å². The van der Waals surface area contributed by atoms with Crippen LogP contribution in [0, 0.1) is 0 Å². The van der Waals surface area contributed by atoms with E-state index in [1.54, 1.807) is 41.8 Å². The Bertz CT molecular complexity index is 1730. The zero-order valence-electron chi connectivity index (χ0n) is 20.6. The van der Waals surface area contributed by atoms with Gasteiger partial charge in [-0.25, -0.2) is 4.99 Å². The number of amides is 1. The van der Waals surface area contributed by atoms with Crippen molar-refractivity contribution in [1.29, 1.82) is 0 Å². The Morgan fingerprint density at radius 1 is 1.11 bits per heavy atom. The highest BCUT2D eigenvalue weighted by Gasteiger charge is 2.32. The van der Waals surface area contributed by atoms with E-state index in [0.29, 0.717) is 48.7 Å². The number of rotatable bonds is 6. The summed E-state index contributed by atoms with van der Waals surface area (Å²) in [6.45, 7) is 4.17. The Labute approximate surface area is 233 Å². The van der Waals surface area contributed by atoms with Crippen LogP contribution in [0.5, 0.6) is 5.75 Å². The molecule has 4 aromatic rings. The van der Waals surface area contributed by atoms with Crippen molar-refractivity contribution in [2.45, 2.75) is 19.9 Å². The summed E-state index contributed by atoms with van der Waals surface area (Å²) in [7, 11) is 0. The van der Waals surface area contributed by atoms with Gasteiger partial charge < -0.3 is 10.1 Å². The Hall–Kier alpha value is -3.65.